The second-order valence-electron chi connectivity index (χ2n) is 4.59. The molecular formula is C17H19NO3. The molecule has 0 saturated carbocycles. The van der Waals surface area contributed by atoms with E-state index in [1.807, 2.05) is 31.2 Å². The molecule has 2 rings (SSSR count). The molecule has 1 aromatic heterocycles. The number of allylic oxidation sites excluding steroid dienone is 2. The number of carbonyl (C=O) groups excluding carboxylic acids is 1. The lowest BCUT2D eigenvalue weighted by molar-refractivity contribution is -0.139. The Bertz CT molecular complexity index is 662. The molecule has 0 saturated heterocycles. The third-order valence-electron chi connectivity index (χ3n) is 3.22. The zero-order valence-electron chi connectivity index (χ0n) is 12.5. The SMILES string of the molecule is CCC(/C=C(\OC)C(=O)OC)=C\c1cc2ccccc2[nH]1. The maximum atomic E-state index is 11.5. The van der Waals surface area contributed by atoms with Crippen LogP contribution >= 0.6 is 0 Å². The minimum Gasteiger partial charge on any atom is -0.490 e. The third-order valence-corrected chi connectivity index (χ3v) is 3.22. The van der Waals surface area contributed by atoms with Crippen molar-refractivity contribution in [3.05, 3.63) is 53.4 Å². The van der Waals surface area contributed by atoms with E-state index in [0.29, 0.717) is 0 Å². The van der Waals surface area contributed by atoms with Gasteiger partial charge in [0.05, 0.1) is 14.2 Å². The summed E-state index contributed by atoms with van der Waals surface area (Å²) in [6.07, 6.45) is 4.48. The Morgan fingerprint density at radius 3 is 2.62 bits per heavy atom. The first-order chi connectivity index (χ1) is 10.2. The molecule has 1 heterocycles. The number of nitrogens with one attached hydrogen (secondary N) is 1. The minimum absolute atomic E-state index is 0.196. The fourth-order valence-electron chi connectivity index (χ4n) is 2.09. The molecule has 110 valence electrons. The highest BCUT2D eigenvalue weighted by molar-refractivity contribution is 5.87. The molecule has 0 fully saturated rings. The van der Waals surface area contributed by atoms with E-state index in [0.717, 1.165) is 28.6 Å². The van der Waals surface area contributed by atoms with Gasteiger partial charge in [-0.25, -0.2) is 4.79 Å². The predicted molar refractivity (Wildman–Crippen MR) is 83.7 cm³/mol. The molecule has 0 bridgehead atoms. The van der Waals surface area contributed by atoms with Crippen LogP contribution in [0.3, 0.4) is 0 Å². The molecule has 0 radical (unpaired) electrons. The number of aromatic nitrogens is 1. The summed E-state index contributed by atoms with van der Waals surface area (Å²) in [4.78, 5) is 14.9. The molecule has 0 atom stereocenters. The first kappa shape index (κ1) is 14.9. The van der Waals surface area contributed by atoms with Crippen molar-refractivity contribution in [3.8, 4) is 0 Å². The highest BCUT2D eigenvalue weighted by atomic mass is 16.6. The van der Waals surface area contributed by atoms with Gasteiger partial charge >= 0.3 is 5.97 Å². The fraction of sp³-hybridized carbons (Fsp3) is 0.235. The number of hydrogen-bond donors (Lipinski definition) is 1. The van der Waals surface area contributed by atoms with Crippen LogP contribution in [-0.2, 0) is 14.3 Å². The normalized spacial score (nSPS) is 12.5. The number of para-hydroxylation sites is 1. The highest BCUT2D eigenvalue weighted by Gasteiger charge is 2.10. The Balaban J connectivity index is 2.35. The van der Waals surface area contributed by atoms with Crippen LogP contribution in [0.2, 0.25) is 0 Å². The molecule has 0 unspecified atom stereocenters. The van der Waals surface area contributed by atoms with Crippen LogP contribution in [0.15, 0.2) is 47.7 Å². The lowest BCUT2D eigenvalue weighted by Gasteiger charge is -2.04. The molecule has 2 aromatic rings. The van der Waals surface area contributed by atoms with Gasteiger partial charge in [-0.2, -0.15) is 0 Å². The number of rotatable bonds is 5. The third kappa shape index (κ3) is 3.54. The predicted octanol–water partition coefficient (Wildman–Crippen LogP) is 3.66. The van der Waals surface area contributed by atoms with Gasteiger partial charge in [0.1, 0.15) is 0 Å². The summed E-state index contributed by atoms with van der Waals surface area (Å²) in [5, 5.41) is 1.16. The Morgan fingerprint density at radius 1 is 1.24 bits per heavy atom. The Hall–Kier alpha value is -2.49. The van der Waals surface area contributed by atoms with Gasteiger partial charge in [0, 0.05) is 11.2 Å². The van der Waals surface area contributed by atoms with Gasteiger partial charge in [-0.1, -0.05) is 25.1 Å². The number of ether oxygens (including phenoxy) is 2. The van der Waals surface area contributed by atoms with Crippen LogP contribution in [0.4, 0.5) is 0 Å². The van der Waals surface area contributed by atoms with E-state index in [1.54, 1.807) is 6.08 Å². The minimum atomic E-state index is -0.478. The first-order valence-electron chi connectivity index (χ1n) is 6.80. The second-order valence-corrected chi connectivity index (χ2v) is 4.59. The second kappa shape index (κ2) is 6.79. The number of benzene rings is 1. The molecule has 1 N–H and O–H groups in total. The van der Waals surface area contributed by atoms with Crippen LogP contribution in [0.1, 0.15) is 19.0 Å². The molecule has 4 nitrogen and oxygen atoms in total. The van der Waals surface area contributed by atoms with Crippen LogP contribution in [0.5, 0.6) is 0 Å². The quantitative estimate of drug-likeness (QED) is 0.395. The van der Waals surface area contributed by atoms with Gasteiger partial charge in [-0.15, -0.1) is 0 Å². The van der Waals surface area contributed by atoms with Crippen LogP contribution < -0.4 is 0 Å². The maximum Gasteiger partial charge on any atom is 0.373 e. The van der Waals surface area contributed by atoms with Crippen LogP contribution in [0.25, 0.3) is 17.0 Å². The standard InChI is InChI=1S/C17H19NO3/c1-4-12(10-16(20-2)17(19)21-3)9-14-11-13-7-5-6-8-15(13)18-14/h5-11,18H,4H2,1-3H3/b12-9+,16-10-. The highest BCUT2D eigenvalue weighted by Crippen LogP contribution is 2.19. The average molecular weight is 285 g/mol. The van der Waals surface area contributed by atoms with E-state index in [9.17, 15) is 4.79 Å². The van der Waals surface area contributed by atoms with Gasteiger partial charge in [0.2, 0.25) is 5.76 Å². The van der Waals surface area contributed by atoms with Crippen molar-refractivity contribution in [1.29, 1.82) is 0 Å². The zero-order valence-corrected chi connectivity index (χ0v) is 12.5. The summed E-state index contributed by atoms with van der Waals surface area (Å²) in [5.41, 5.74) is 3.05. The van der Waals surface area contributed by atoms with Crippen molar-refractivity contribution in [1.82, 2.24) is 4.98 Å². The summed E-state index contributed by atoms with van der Waals surface area (Å²) in [7, 11) is 2.79. The number of H-pyrrole nitrogens is 1. The van der Waals surface area contributed by atoms with Crippen molar-refractivity contribution < 1.29 is 14.3 Å². The zero-order chi connectivity index (χ0) is 15.2. The summed E-state index contributed by atoms with van der Waals surface area (Å²) in [6.45, 7) is 2.02. The van der Waals surface area contributed by atoms with Gasteiger partial charge in [0.15, 0.2) is 0 Å². The number of carbonyl (C=O) groups is 1. The van der Waals surface area contributed by atoms with Gasteiger partial charge in [-0.3, -0.25) is 0 Å². The van der Waals surface area contributed by atoms with Crippen molar-refractivity contribution in [2.24, 2.45) is 0 Å². The van der Waals surface area contributed by atoms with Gasteiger partial charge < -0.3 is 14.5 Å². The summed E-state index contributed by atoms with van der Waals surface area (Å²) >= 11 is 0. The molecular weight excluding hydrogens is 266 g/mol. The molecule has 4 heteroatoms. The number of methoxy groups -OCH3 is 2. The van der Waals surface area contributed by atoms with Crippen molar-refractivity contribution in [2.75, 3.05) is 14.2 Å². The number of esters is 1. The maximum absolute atomic E-state index is 11.5. The van der Waals surface area contributed by atoms with Gasteiger partial charge in [-0.05, 0) is 41.7 Å². The largest absolute Gasteiger partial charge is 0.490 e. The summed E-state index contributed by atoms with van der Waals surface area (Å²) in [5.74, 6) is -0.282. The summed E-state index contributed by atoms with van der Waals surface area (Å²) in [6, 6.07) is 10.2. The lowest BCUT2D eigenvalue weighted by atomic mass is 10.1. The average Bonchev–Trinajstić information content (AvgIpc) is 2.92. The van der Waals surface area contributed by atoms with E-state index < -0.39 is 5.97 Å². The number of fused-ring (bicyclic) bond motifs is 1. The van der Waals surface area contributed by atoms with Crippen LogP contribution in [0, 0.1) is 0 Å². The lowest BCUT2D eigenvalue weighted by Crippen LogP contribution is -2.06. The summed E-state index contributed by atoms with van der Waals surface area (Å²) < 4.78 is 9.75. The Labute approximate surface area is 124 Å². The van der Waals surface area contributed by atoms with E-state index in [-0.39, 0.29) is 5.76 Å². The molecule has 0 aliphatic heterocycles. The van der Waals surface area contributed by atoms with Crippen LogP contribution in [-0.4, -0.2) is 25.2 Å². The molecule has 0 aliphatic rings. The fourth-order valence-corrected chi connectivity index (χ4v) is 2.09. The van der Waals surface area contributed by atoms with Crippen molar-refractivity contribution in [3.63, 3.8) is 0 Å². The topological polar surface area (TPSA) is 51.3 Å². The molecule has 0 aliphatic carbocycles. The Kier molecular flexibility index (Phi) is 4.82. The van der Waals surface area contributed by atoms with E-state index in [1.165, 1.54) is 14.2 Å². The van der Waals surface area contributed by atoms with Gasteiger partial charge in [0.25, 0.3) is 0 Å². The molecule has 0 spiro atoms. The van der Waals surface area contributed by atoms with Crippen molar-refractivity contribution in [2.45, 2.75) is 13.3 Å². The first-order valence-corrected chi connectivity index (χ1v) is 6.80. The number of hydrogen-bond acceptors (Lipinski definition) is 3. The molecule has 21 heavy (non-hydrogen) atoms. The Morgan fingerprint density at radius 2 is 2.00 bits per heavy atom. The van der Waals surface area contributed by atoms with E-state index >= 15 is 0 Å². The monoisotopic (exact) mass is 285 g/mol. The number of aromatic amines is 1. The molecule has 0 amide bonds. The molecule has 1 aromatic carbocycles. The smallest absolute Gasteiger partial charge is 0.373 e. The van der Waals surface area contributed by atoms with Crippen molar-refractivity contribution >= 4 is 22.9 Å². The van der Waals surface area contributed by atoms with E-state index in [2.05, 4.69) is 21.9 Å². The van der Waals surface area contributed by atoms with E-state index in [4.69, 9.17) is 4.74 Å².